The summed E-state index contributed by atoms with van der Waals surface area (Å²) >= 11 is 0. The number of likely N-dealkylation sites (tertiary alicyclic amines) is 1. The number of carbonyl (C=O) groups excluding carboxylic acids is 1. The van der Waals surface area contributed by atoms with Crippen molar-refractivity contribution in [2.24, 2.45) is 5.92 Å². The van der Waals surface area contributed by atoms with Gasteiger partial charge < -0.3 is 15.3 Å². The maximum absolute atomic E-state index is 11.3. The number of hydrogen-bond donors (Lipinski definition) is 2. The number of β-amino-alcohol motifs (C(OH)–C–C–N with tert-alkyl or cyclic N) is 1. The summed E-state index contributed by atoms with van der Waals surface area (Å²) in [5, 5.41) is 12.9. The van der Waals surface area contributed by atoms with Crippen molar-refractivity contribution >= 4 is 5.91 Å². The van der Waals surface area contributed by atoms with Gasteiger partial charge in [0.15, 0.2) is 0 Å². The fourth-order valence-corrected chi connectivity index (χ4v) is 1.75. The highest BCUT2D eigenvalue weighted by Crippen LogP contribution is 2.09. The number of amides is 1. The first-order valence-electron chi connectivity index (χ1n) is 5.76. The van der Waals surface area contributed by atoms with E-state index in [4.69, 9.17) is 0 Å². The molecule has 4 nitrogen and oxygen atoms in total. The summed E-state index contributed by atoms with van der Waals surface area (Å²) < 4.78 is 0. The van der Waals surface area contributed by atoms with Crippen LogP contribution in [0.5, 0.6) is 0 Å². The highest BCUT2D eigenvalue weighted by Gasteiger charge is 2.22. The molecule has 1 rings (SSSR count). The summed E-state index contributed by atoms with van der Waals surface area (Å²) in [5.41, 5.74) is 0. The van der Waals surface area contributed by atoms with Gasteiger partial charge in [-0.1, -0.05) is 13.8 Å². The molecule has 0 saturated carbocycles. The first-order valence-corrected chi connectivity index (χ1v) is 5.76. The van der Waals surface area contributed by atoms with Gasteiger partial charge in [0.2, 0.25) is 5.91 Å². The second kappa shape index (κ2) is 6.08. The maximum atomic E-state index is 11.3. The molecular formula is C11H22N2O2. The molecular weight excluding hydrogens is 192 g/mol. The normalized spacial score (nSPS) is 18.9. The molecule has 1 unspecified atom stereocenters. The predicted octanol–water partition coefficient (Wildman–Crippen LogP) is 0.215. The van der Waals surface area contributed by atoms with Crippen LogP contribution in [0, 0.1) is 5.92 Å². The van der Waals surface area contributed by atoms with Gasteiger partial charge in [0.25, 0.3) is 0 Å². The average molecular weight is 214 g/mol. The van der Waals surface area contributed by atoms with Crippen molar-refractivity contribution in [1.82, 2.24) is 10.2 Å². The third kappa shape index (κ3) is 4.62. The molecule has 1 aliphatic rings. The van der Waals surface area contributed by atoms with E-state index in [0.717, 1.165) is 19.5 Å². The van der Waals surface area contributed by atoms with E-state index in [9.17, 15) is 9.90 Å². The molecule has 2 N–H and O–H groups in total. The number of hydrogen-bond acceptors (Lipinski definition) is 3. The topological polar surface area (TPSA) is 52.6 Å². The van der Waals surface area contributed by atoms with E-state index in [-0.39, 0.29) is 5.91 Å². The Bertz CT molecular complexity index is 207. The van der Waals surface area contributed by atoms with Crippen LogP contribution in [0.15, 0.2) is 0 Å². The Hall–Kier alpha value is -0.610. The Labute approximate surface area is 91.6 Å². The van der Waals surface area contributed by atoms with Gasteiger partial charge in [0.1, 0.15) is 0 Å². The first kappa shape index (κ1) is 12.5. The van der Waals surface area contributed by atoms with Gasteiger partial charge >= 0.3 is 0 Å². The van der Waals surface area contributed by atoms with Crippen molar-refractivity contribution < 1.29 is 9.90 Å². The summed E-state index contributed by atoms with van der Waals surface area (Å²) in [6.07, 6.45) is 1.14. The Kier molecular flexibility index (Phi) is 5.05. The lowest BCUT2D eigenvalue weighted by molar-refractivity contribution is -0.128. The van der Waals surface area contributed by atoms with Gasteiger partial charge in [-0.3, -0.25) is 4.79 Å². The lowest BCUT2D eigenvalue weighted by Crippen LogP contribution is -2.39. The summed E-state index contributed by atoms with van der Waals surface area (Å²) in [6, 6.07) is 0. The number of carbonyl (C=O) groups is 1. The molecule has 0 bridgehead atoms. The van der Waals surface area contributed by atoms with Crippen molar-refractivity contribution in [3.8, 4) is 0 Å². The highest BCUT2D eigenvalue weighted by molar-refractivity contribution is 5.78. The Morgan fingerprint density at radius 3 is 2.73 bits per heavy atom. The van der Waals surface area contributed by atoms with Crippen LogP contribution in [0.1, 0.15) is 26.7 Å². The van der Waals surface area contributed by atoms with Crippen molar-refractivity contribution in [2.45, 2.75) is 32.8 Å². The molecule has 1 aliphatic heterocycles. The molecule has 1 amide bonds. The SMILES string of the molecule is CC(C)CNCC(O)CN1CCCC1=O. The van der Waals surface area contributed by atoms with Gasteiger partial charge in [0.05, 0.1) is 6.10 Å². The molecule has 0 spiro atoms. The molecule has 1 heterocycles. The van der Waals surface area contributed by atoms with Crippen LogP contribution in [0.2, 0.25) is 0 Å². The maximum Gasteiger partial charge on any atom is 0.222 e. The zero-order valence-electron chi connectivity index (χ0n) is 9.70. The van der Waals surface area contributed by atoms with Crippen LogP contribution in [-0.2, 0) is 4.79 Å². The fourth-order valence-electron chi connectivity index (χ4n) is 1.75. The molecule has 1 saturated heterocycles. The summed E-state index contributed by atoms with van der Waals surface area (Å²) in [7, 11) is 0. The molecule has 4 heteroatoms. The molecule has 15 heavy (non-hydrogen) atoms. The van der Waals surface area contributed by atoms with E-state index in [1.807, 2.05) is 0 Å². The van der Waals surface area contributed by atoms with E-state index >= 15 is 0 Å². The van der Waals surface area contributed by atoms with Crippen molar-refractivity contribution in [3.05, 3.63) is 0 Å². The molecule has 0 aliphatic carbocycles. The van der Waals surface area contributed by atoms with Crippen molar-refractivity contribution in [1.29, 1.82) is 0 Å². The van der Waals surface area contributed by atoms with Gasteiger partial charge in [-0.05, 0) is 18.9 Å². The minimum atomic E-state index is -0.439. The number of nitrogens with zero attached hydrogens (tertiary/aromatic N) is 1. The van der Waals surface area contributed by atoms with Crippen LogP contribution >= 0.6 is 0 Å². The lowest BCUT2D eigenvalue weighted by atomic mass is 10.2. The minimum Gasteiger partial charge on any atom is -0.390 e. The predicted molar refractivity (Wildman–Crippen MR) is 59.5 cm³/mol. The average Bonchev–Trinajstić information content (AvgIpc) is 2.51. The van der Waals surface area contributed by atoms with E-state index in [0.29, 0.717) is 25.4 Å². The van der Waals surface area contributed by atoms with Crippen LogP contribution in [0.25, 0.3) is 0 Å². The molecule has 1 atom stereocenters. The number of nitrogens with one attached hydrogen (secondary N) is 1. The fraction of sp³-hybridized carbons (Fsp3) is 0.909. The van der Waals surface area contributed by atoms with Gasteiger partial charge in [-0.15, -0.1) is 0 Å². The van der Waals surface area contributed by atoms with E-state index in [1.54, 1.807) is 4.90 Å². The highest BCUT2D eigenvalue weighted by atomic mass is 16.3. The molecule has 0 aromatic carbocycles. The largest absolute Gasteiger partial charge is 0.390 e. The van der Waals surface area contributed by atoms with E-state index < -0.39 is 6.10 Å². The van der Waals surface area contributed by atoms with Gasteiger partial charge in [-0.25, -0.2) is 0 Å². The molecule has 88 valence electrons. The Balaban J connectivity index is 2.12. The smallest absolute Gasteiger partial charge is 0.222 e. The Morgan fingerprint density at radius 2 is 2.20 bits per heavy atom. The summed E-state index contributed by atoms with van der Waals surface area (Å²) in [4.78, 5) is 13.0. The number of rotatable bonds is 6. The number of aliphatic hydroxyl groups excluding tert-OH is 1. The third-order valence-electron chi connectivity index (χ3n) is 2.54. The monoisotopic (exact) mass is 214 g/mol. The summed E-state index contributed by atoms with van der Waals surface area (Å²) in [6.45, 7) is 7.02. The second-order valence-electron chi connectivity index (χ2n) is 4.65. The van der Waals surface area contributed by atoms with Gasteiger partial charge in [-0.2, -0.15) is 0 Å². The zero-order valence-corrected chi connectivity index (χ0v) is 9.70. The van der Waals surface area contributed by atoms with Crippen LogP contribution in [0.3, 0.4) is 0 Å². The zero-order chi connectivity index (χ0) is 11.3. The second-order valence-corrected chi connectivity index (χ2v) is 4.65. The van der Waals surface area contributed by atoms with E-state index in [1.165, 1.54) is 0 Å². The van der Waals surface area contributed by atoms with Crippen LogP contribution < -0.4 is 5.32 Å². The third-order valence-corrected chi connectivity index (χ3v) is 2.54. The quantitative estimate of drug-likeness (QED) is 0.665. The Morgan fingerprint density at radius 1 is 1.47 bits per heavy atom. The standard InChI is InChI=1S/C11H22N2O2/c1-9(2)6-12-7-10(14)8-13-5-3-4-11(13)15/h9-10,12,14H,3-8H2,1-2H3. The van der Waals surface area contributed by atoms with E-state index in [2.05, 4.69) is 19.2 Å². The molecule has 0 aromatic heterocycles. The van der Waals surface area contributed by atoms with Crippen molar-refractivity contribution in [3.63, 3.8) is 0 Å². The molecule has 0 aromatic rings. The van der Waals surface area contributed by atoms with Crippen molar-refractivity contribution in [2.75, 3.05) is 26.2 Å². The number of aliphatic hydroxyl groups is 1. The van der Waals surface area contributed by atoms with Crippen LogP contribution in [-0.4, -0.2) is 48.2 Å². The lowest BCUT2D eigenvalue weighted by Gasteiger charge is -2.20. The molecule has 1 fully saturated rings. The van der Waals surface area contributed by atoms with Gasteiger partial charge in [0, 0.05) is 26.1 Å². The summed E-state index contributed by atoms with van der Waals surface area (Å²) in [5.74, 6) is 0.767. The first-order chi connectivity index (χ1) is 7.09. The minimum absolute atomic E-state index is 0.179. The van der Waals surface area contributed by atoms with Crippen LogP contribution in [0.4, 0.5) is 0 Å². The molecule has 0 radical (unpaired) electrons.